The van der Waals surface area contributed by atoms with Crippen molar-refractivity contribution in [3.63, 3.8) is 0 Å². The standard InChI is InChI=1S/C14H22N2O/c1-5-11(4)15-14(17)16-13-8-6-12(7-9-13)10(2)3/h6-11H,5H2,1-4H3,(H2,15,16,17)/t11-/m1/s1. The number of urea groups is 1. The molecule has 0 fully saturated rings. The largest absolute Gasteiger partial charge is 0.335 e. The van der Waals surface area contributed by atoms with E-state index >= 15 is 0 Å². The van der Waals surface area contributed by atoms with Gasteiger partial charge in [-0.1, -0.05) is 32.9 Å². The topological polar surface area (TPSA) is 41.1 Å². The molecule has 1 rings (SSSR count). The highest BCUT2D eigenvalue weighted by molar-refractivity contribution is 5.89. The Morgan fingerprint density at radius 2 is 1.76 bits per heavy atom. The van der Waals surface area contributed by atoms with Crippen LogP contribution < -0.4 is 10.6 Å². The smallest absolute Gasteiger partial charge is 0.319 e. The minimum absolute atomic E-state index is 0.142. The van der Waals surface area contributed by atoms with Gasteiger partial charge in [0.25, 0.3) is 0 Å². The maximum Gasteiger partial charge on any atom is 0.319 e. The molecule has 1 aromatic rings. The van der Waals surface area contributed by atoms with Gasteiger partial charge in [-0.2, -0.15) is 0 Å². The predicted octanol–water partition coefficient (Wildman–Crippen LogP) is 3.73. The van der Waals surface area contributed by atoms with Gasteiger partial charge < -0.3 is 10.6 Å². The van der Waals surface area contributed by atoms with Gasteiger partial charge in [-0.15, -0.1) is 0 Å². The molecule has 0 radical (unpaired) electrons. The fourth-order valence-corrected chi connectivity index (χ4v) is 1.44. The average Bonchev–Trinajstić information content (AvgIpc) is 2.29. The summed E-state index contributed by atoms with van der Waals surface area (Å²) < 4.78 is 0. The van der Waals surface area contributed by atoms with Gasteiger partial charge in [0.15, 0.2) is 0 Å². The van der Waals surface area contributed by atoms with Gasteiger partial charge in [0.05, 0.1) is 0 Å². The Bertz CT molecular complexity index is 357. The number of anilines is 1. The molecule has 0 aliphatic carbocycles. The molecule has 3 heteroatoms. The molecule has 0 bridgehead atoms. The molecular formula is C14H22N2O. The van der Waals surface area contributed by atoms with Crippen LogP contribution in [0.5, 0.6) is 0 Å². The summed E-state index contributed by atoms with van der Waals surface area (Å²) in [5.74, 6) is 0.512. The average molecular weight is 234 g/mol. The van der Waals surface area contributed by atoms with E-state index in [4.69, 9.17) is 0 Å². The van der Waals surface area contributed by atoms with Crippen molar-refractivity contribution >= 4 is 11.7 Å². The summed E-state index contributed by atoms with van der Waals surface area (Å²) in [6, 6.07) is 8.02. The number of nitrogens with one attached hydrogen (secondary N) is 2. The van der Waals surface area contributed by atoms with Gasteiger partial charge in [0.2, 0.25) is 0 Å². The zero-order valence-electron chi connectivity index (χ0n) is 11.1. The number of benzene rings is 1. The zero-order valence-corrected chi connectivity index (χ0v) is 11.1. The van der Waals surface area contributed by atoms with Crippen LogP contribution in [-0.4, -0.2) is 12.1 Å². The second-order valence-electron chi connectivity index (χ2n) is 4.68. The normalized spacial score (nSPS) is 12.3. The van der Waals surface area contributed by atoms with Crippen LogP contribution in [0.2, 0.25) is 0 Å². The predicted molar refractivity (Wildman–Crippen MR) is 72.4 cm³/mol. The molecule has 0 aromatic heterocycles. The number of carbonyl (C=O) groups excluding carboxylic acids is 1. The molecule has 0 spiro atoms. The van der Waals surface area contributed by atoms with Crippen LogP contribution in [-0.2, 0) is 0 Å². The lowest BCUT2D eigenvalue weighted by Gasteiger charge is -2.13. The SMILES string of the molecule is CC[C@@H](C)NC(=O)Nc1ccc(C(C)C)cc1. The third-order valence-electron chi connectivity index (χ3n) is 2.83. The van der Waals surface area contributed by atoms with Crippen LogP contribution in [0.25, 0.3) is 0 Å². The maximum absolute atomic E-state index is 11.6. The number of carbonyl (C=O) groups is 1. The van der Waals surface area contributed by atoms with Gasteiger partial charge in [-0.3, -0.25) is 0 Å². The van der Waals surface area contributed by atoms with Gasteiger partial charge in [0, 0.05) is 11.7 Å². The molecule has 2 N–H and O–H groups in total. The van der Waals surface area contributed by atoms with Crippen molar-refractivity contribution in [1.29, 1.82) is 0 Å². The van der Waals surface area contributed by atoms with E-state index in [-0.39, 0.29) is 12.1 Å². The van der Waals surface area contributed by atoms with Crippen LogP contribution in [0, 0.1) is 0 Å². The number of rotatable bonds is 4. The van der Waals surface area contributed by atoms with Crippen molar-refractivity contribution < 1.29 is 4.79 Å². The molecule has 0 aliphatic heterocycles. The van der Waals surface area contributed by atoms with E-state index in [0.29, 0.717) is 5.92 Å². The first-order valence-corrected chi connectivity index (χ1v) is 6.20. The first-order valence-electron chi connectivity index (χ1n) is 6.20. The summed E-state index contributed by atoms with van der Waals surface area (Å²) in [5, 5.41) is 5.69. The summed E-state index contributed by atoms with van der Waals surface area (Å²) in [6.07, 6.45) is 0.930. The van der Waals surface area contributed by atoms with Crippen LogP contribution in [0.3, 0.4) is 0 Å². The van der Waals surface area contributed by atoms with Crippen molar-refractivity contribution in [2.75, 3.05) is 5.32 Å². The molecule has 17 heavy (non-hydrogen) atoms. The van der Waals surface area contributed by atoms with Crippen molar-refractivity contribution in [2.45, 2.75) is 46.1 Å². The van der Waals surface area contributed by atoms with Crippen molar-refractivity contribution in [3.05, 3.63) is 29.8 Å². The molecular weight excluding hydrogens is 212 g/mol. The summed E-state index contributed by atoms with van der Waals surface area (Å²) in [4.78, 5) is 11.6. The van der Waals surface area contributed by atoms with E-state index in [2.05, 4.69) is 24.5 Å². The fourth-order valence-electron chi connectivity index (χ4n) is 1.44. The molecule has 1 atom stereocenters. The van der Waals surface area contributed by atoms with E-state index < -0.39 is 0 Å². The Labute approximate surface area is 104 Å². The number of hydrogen-bond donors (Lipinski definition) is 2. The quantitative estimate of drug-likeness (QED) is 0.818. The summed E-state index contributed by atoms with van der Waals surface area (Å²) in [6.45, 7) is 8.33. The highest BCUT2D eigenvalue weighted by Crippen LogP contribution is 2.16. The molecule has 0 saturated carbocycles. The summed E-state index contributed by atoms with van der Waals surface area (Å²) in [5.41, 5.74) is 2.10. The van der Waals surface area contributed by atoms with Gasteiger partial charge in [-0.05, 0) is 37.0 Å². The molecule has 94 valence electrons. The van der Waals surface area contributed by atoms with Gasteiger partial charge in [0.1, 0.15) is 0 Å². The molecule has 0 unspecified atom stereocenters. The second kappa shape index (κ2) is 6.28. The van der Waals surface area contributed by atoms with Crippen LogP contribution >= 0.6 is 0 Å². The minimum Gasteiger partial charge on any atom is -0.335 e. The summed E-state index contributed by atoms with van der Waals surface area (Å²) in [7, 11) is 0. The molecule has 0 aliphatic rings. The Morgan fingerprint density at radius 1 is 1.18 bits per heavy atom. The maximum atomic E-state index is 11.6. The van der Waals surface area contributed by atoms with Crippen LogP contribution in [0.1, 0.15) is 45.6 Å². The van der Waals surface area contributed by atoms with Gasteiger partial charge >= 0.3 is 6.03 Å². The molecule has 0 saturated heterocycles. The molecule has 1 aromatic carbocycles. The molecule has 3 nitrogen and oxygen atoms in total. The third-order valence-corrected chi connectivity index (χ3v) is 2.83. The van der Waals surface area contributed by atoms with Crippen molar-refractivity contribution in [2.24, 2.45) is 0 Å². The van der Waals surface area contributed by atoms with Crippen LogP contribution in [0.4, 0.5) is 10.5 Å². The second-order valence-corrected chi connectivity index (χ2v) is 4.68. The molecule has 2 amide bonds. The highest BCUT2D eigenvalue weighted by atomic mass is 16.2. The number of hydrogen-bond acceptors (Lipinski definition) is 1. The van der Waals surface area contributed by atoms with Crippen LogP contribution in [0.15, 0.2) is 24.3 Å². The Kier molecular flexibility index (Phi) is 5.01. The first kappa shape index (κ1) is 13.6. The lowest BCUT2D eigenvalue weighted by atomic mass is 10.0. The monoisotopic (exact) mass is 234 g/mol. The van der Waals surface area contributed by atoms with Crippen molar-refractivity contribution in [1.82, 2.24) is 5.32 Å². The Hall–Kier alpha value is -1.51. The minimum atomic E-state index is -0.142. The Morgan fingerprint density at radius 3 is 2.24 bits per heavy atom. The highest BCUT2D eigenvalue weighted by Gasteiger charge is 2.05. The van der Waals surface area contributed by atoms with E-state index in [1.165, 1.54) is 5.56 Å². The lowest BCUT2D eigenvalue weighted by Crippen LogP contribution is -2.35. The third kappa shape index (κ3) is 4.47. The summed E-state index contributed by atoms with van der Waals surface area (Å²) >= 11 is 0. The zero-order chi connectivity index (χ0) is 12.8. The van der Waals surface area contributed by atoms with Gasteiger partial charge in [-0.25, -0.2) is 4.79 Å². The van der Waals surface area contributed by atoms with E-state index in [9.17, 15) is 4.79 Å². The first-order chi connectivity index (χ1) is 8.02. The van der Waals surface area contributed by atoms with E-state index in [0.717, 1.165) is 12.1 Å². The number of amides is 2. The molecule has 0 heterocycles. The Balaban J connectivity index is 2.54. The fraction of sp³-hybridized carbons (Fsp3) is 0.500. The van der Waals surface area contributed by atoms with E-state index in [1.54, 1.807) is 0 Å². The van der Waals surface area contributed by atoms with Crippen molar-refractivity contribution in [3.8, 4) is 0 Å². The lowest BCUT2D eigenvalue weighted by molar-refractivity contribution is 0.249. The van der Waals surface area contributed by atoms with E-state index in [1.807, 2.05) is 38.1 Å².